The minimum absolute atomic E-state index is 0.233. The summed E-state index contributed by atoms with van der Waals surface area (Å²) in [5.74, 6) is -1.67. The summed E-state index contributed by atoms with van der Waals surface area (Å²) in [6, 6.07) is 13.3. The zero-order chi connectivity index (χ0) is 17.4. The summed E-state index contributed by atoms with van der Waals surface area (Å²) in [5.41, 5.74) is 1.84. The number of hydrogen-bond acceptors (Lipinski definition) is 5. The maximum atomic E-state index is 12.3. The van der Waals surface area contributed by atoms with Gasteiger partial charge in [0.1, 0.15) is 0 Å². The first-order valence-electron chi connectivity index (χ1n) is 8.03. The van der Waals surface area contributed by atoms with Crippen LogP contribution >= 0.6 is 0 Å². The molecule has 1 saturated heterocycles. The fourth-order valence-corrected chi connectivity index (χ4v) is 3.07. The summed E-state index contributed by atoms with van der Waals surface area (Å²) >= 11 is 0. The Hall–Kier alpha value is -2.99. The van der Waals surface area contributed by atoms with Crippen LogP contribution in [0.3, 0.4) is 0 Å². The van der Waals surface area contributed by atoms with Gasteiger partial charge in [0.05, 0.1) is 23.3 Å². The molecular weight excluding hydrogens is 322 g/mol. The predicted molar refractivity (Wildman–Crippen MR) is 87.0 cm³/mol. The van der Waals surface area contributed by atoms with Crippen molar-refractivity contribution in [1.82, 2.24) is 5.06 Å². The van der Waals surface area contributed by atoms with E-state index in [1.54, 1.807) is 24.3 Å². The molecule has 0 bridgehead atoms. The number of amides is 2. The van der Waals surface area contributed by atoms with E-state index in [0.29, 0.717) is 17.6 Å². The van der Waals surface area contributed by atoms with E-state index in [2.05, 4.69) is 0 Å². The topological polar surface area (TPSA) is 72.9 Å². The lowest BCUT2D eigenvalue weighted by Crippen LogP contribution is -2.32. The Kier molecular flexibility index (Phi) is 3.82. The molecule has 0 radical (unpaired) electrons. The van der Waals surface area contributed by atoms with Crippen molar-refractivity contribution in [3.8, 4) is 0 Å². The molecule has 2 aromatic carbocycles. The van der Waals surface area contributed by atoms with Gasteiger partial charge in [0.2, 0.25) is 0 Å². The highest BCUT2D eigenvalue weighted by Crippen LogP contribution is 2.26. The van der Waals surface area contributed by atoms with Gasteiger partial charge in [-0.2, -0.15) is 0 Å². The summed E-state index contributed by atoms with van der Waals surface area (Å²) in [4.78, 5) is 41.8. The molecule has 2 aliphatic rings. The molecule has 4 rings (SSSR count). The van der Waals surface area contributed by atoms with E-state index < -0.39 is 17.8 Å². The molecule has 25 heavy (non-hydrogen) atoms. The van der Waals surface area contributed by atoms with Gasteiger partial charge in [-0.05, 0) is 36.2 Å². The highest BCUT2D eigenvalue weighted by Gasteiger charge is 2.38. The summed E-state index contributed by atoms with van der Waals surface area (Å²) in [5, 5.41) is 0.520. The lowest BCUT2D eigenvalue weighted by atomic mass is 9.97. The first kappa shape index (κ1) is 15.5. The van der Waals surface area contributed by atoms with E-state index in [4.69, 9.17) is 9.57 Å². The van der Waals surface area contributed by atoms with Crippen LogP contribution in [0.2, 0.25) is 0 Å². The fourth-order valence-electron chi connectivity index (χ4n) is 3.07. The average molecular weight is 337 g/mol. The van der Waals surface area contributed by atoms with E-state index in [1.807, 2.05) is 12.1 Å². The SMILES string of the molecule is O=C(ON1C(=O)c2ccccc2C1=O)c1ccc(C2CCOC2)cc1. The molecule has 1 unspecified atom stereocenters. The Morgan fingerprint density at radius 2 is 1.64 bits per heavy atom. The number of carbonyl (C=O) groups is 3. The molecule has 1 atom stereocenters. The van der Waals surface area contributed by atoms with Gasteiger partial charge in [-0.3, -0.25) is 9.59 Å². The van der Waals surface area contributed by atoms with Gasteiger partial charge in [0, 0.05) is 12.5 Å². The van der Waals surface area contributed by atoms with Gasteiger partial charge in [-0.1, -0.05) is 29.3 Å². The Labute approximate surface area is 143 Å². The van der Waals surface area contributed by atoms with Crippen molar-refractivity contribution in [2.24, 2.45) is 0 Å². The largest absolute Gasteiger partial charge is 0.381 e. The van der Waals surface area contributed by atoms with Crippen molar-refractivity contribution in [3.63, 3.8) is 0 Å². The molecule has 126 valence electrons. The fraction of sp³-hybridized carbons (Fsp3) is 0.211. The quantitative estimate of drug-likeness (QED) is 0.805. The Balaban J connectivity index is 1.49. The molecule has 0 aromatic heterocycles. The van der Waals surface area contributed by atoms with E-state index >= 15 is 0 Å². The minimum atomic E-state index is -0.747. The number of ether oxygens (including phenoxy) is 1. The summed E-state index contributed by atoms with van der Waals surface area (Å²) < 4.78 is 5.36. The summed E-state index contributed by atoms with van der Waals surface area (Å²) in [7, 11) is 0. The summed E-state index contributed by atoms with van der Waals surface area (Å²) in [6.45, 7) is 1.42. The van der Waals surface area contributed by atoms with Crippen molar-refractivity contribution in [3.05, 3.63) is 70.8 Å². The molecule has 2 aliphatic heterocycles. The van der Waals surface area contributed by atoms with Gasteiger partial charge >= 0.3 is 5.97 Å². The van der Waals surface area contributed by atoms with Crippen molar-refractivity contribution < 1.29 is 24.0 Å². The second-order valence-electron chi connectivity index (χ2n) is 6.01. The third kappa shape index (κ3) is 2.70. The molecule has 6 heteroatoms. The van der Waals surface area contributed by atoms with Gasteiger partial charge in [-0.25, -0.2) is 4.79 Å². The third-order valence-electron chi connectivity index (χ3n) is 4.48. The van der Waals surface area contributed by atoms with E-state index in [1.165, 1.54) is 12.1 Å². The number of hydrogen-bond donors (Lipinski definition) is 0. The van der Waals surface area contributed by atoms with E-state index in [-0.39, 0.29) is 16.7 Å². The molecule has 2 heterocycles. The normalized spacial score (nSPS) is 19.2. The van der Waals surface area contributed by atoms with Crippen molar-refractivity contribution >= 4 is 17.8 Å². The zero-order valence-electron chi connectivity index (χ0n) is 13.3. The molecule has 0 aliphatic carbocycles. The van der Waals surface area contributed by atoms with Gasteiger partial charge in [0.25, 0.3) is 11.8 Å². The van der Waals surface area contributed by atoms with E-state index in [0.717, 1.165) is 18.6 Å². The van der Waals surface area contributed by atoms with Crippen molar-refractivity contribution in [2.45, 2.75) is 12.3 Å². The Morgan fingerprint density at radius 1 is 1.00 bits per heavy atom. The Morgan fingerprint density at radius 3 is 2.20 bits per heavy atom. The van der Waals surface area contributed by atoms with Gasteiger partial charge < -0.3 is 9.57 Å². The second-order valence-corrected chi connectivity index (χ2v) is 6.01. The molecule has 0 saturated carbocycles. The highest BCUT2D eigenvalue weighted by atomic mass is 16.7. The summed E-state index contributed by atoms with van der Waals surface area (Å²) in [6.07, 6.45) is 0.957. The second kappa shape index (κ2) is 6.14. The van der Waals surface area contributed by atoms with Crippen LogP contribution < -0.4 is 0 Å². The van der Waals surface area contributed by atoms with Gasteiger partial charge in [-0.15, -0.1) is 0 Å². The maximum absolute atomic E-state index is 12.3. The van der Waals surface area contributed by atoms with Crippen LogP contribution in [0.15, 0.2) is 48.5 Å². The first-order valence-corrected chi connectivity index (χ1v) is 8.03. The van der Waals surface area contributed by atoms with Crippen molar-refractivity contribution in [1.29, 1.82) is 0 Å². The van der Waals surface area contributed by atoms with Crippen molar-refractivity contribution in [2.75, 3.05) is 13.2 Å². The number of imide groups is 1. The molecule has 0 N–H and O–H groups in total. The molecule has 6 nitrogen and oxygen atoms in total. The third-order valence-corrected chi connectivity index (χ3v) is 4.48. The number of benzene rings is 2. The lowest BCUT2D eigenvalue weighted by molar-refractivity contribution is -0.0584. The van der Waals surface area contributed by atoms with E-state index in [9.17, 15) is 14.4 Å². The van der Waals surface area contributed by atoms with Crippen LogP contribution in [0.25, 0.3) is 0 Å². The smallest absolute Gasteiger partial charge is 0.363 e. The van der Waals surface area contributed by atoms with Crippen LogP contribution in [-0.2, 0) is 9.57 Å². The number of carbonyl (C=O) groups excluding carboxylic acids is 3. The number of nitrogens with zero attached hydrogens (tertiary/aromatic N) is 1. The van der Waals surface area contributed by atoms with Crippen LogP contribution in [-0.4, -0.2) is 36.1 Å². The molecular formula is C19H15NO5. The lowest BCUT2D eigenvalue weighted by Gasteiger charge is -2.13. The first-order chi connectivity index (χ1) is 12.1. The van der Waals surface area contributed by atoms with Crippen LogP contribution in [0.1, 0.15) is 49.0 Å². The maximum Gasteiger partial charge on any atom is 0.363 e. The van der Waals surface area contributed by atoms with Gasteiger partial charge in [0.15, 0.2) is 0 Å². The van der Waals surface area contributed by atoms with Crippen LogP contribution in [0, 0.1) is 0 Å². The zero-order valence-corrected chi connectivity index (χ0v) is 13.3. The monoisotopic (exact) mass is 337 g/mol. The van der Waals surface area contributed by atoms with Crippen LogP contribution in [0.4, 0.5) is 0 Å². The molecule has 0 spiro atoms. The Bertz CT molecular complexity index is 817. The molecule has 2 aromatic rings. The number of hydroxylamine groups is 2. The number of rotatable bonds is 3. The highest BCUT2D eigenvalue weighted by molar-refractivity contribution is 6.21. The number of fused-ring (bicyclic) bond motifs is 1. The minimum Gasteiger partial charge on any atom is -0.381 e. The average Bonchev–Trinajstić information content (AvgIpc) is 3.26. The predicted octanol–water partition coefficient (Wildman–Crippen LogP) is 2.56. The van der Waals surface area contributed by atoms with Crippen LogP contribution in [0.5, 0.6) is 0 Å². The molecule has 1 fully saturated rings. The molecule has 2 amide bonds. The standard InChI is InChI=1S/C19H15NO5/c21-17-15-3-1-2-4-16(15)18(22)20(17)25-19(23)13-7-5-12(6-8-13)14-9-10-24-11-14/h1-8,14H,9-11H2.